The molecule has 4 rings (SSSR count). The van der Waals surface area contributed by atoms with E-state index in [-0.39, 0.29) is 17.2 Å². The second-order valence-electron chi connectivity index (χ2n) is 6.50. The minimum Gasteiger partial charge on any atom is -0.493 e. The van der Waals surface area contributed by atoms with Crippen molar-refractivity contribution >= 4 is 17.9 Å². The highest BCUT2D eigenvalue weighted by molar-refractivity contribution is 6.12. The number of cyclic esters (lactones) is 1. The van der Waals surface area contributed by atoms with E-state index in [0.29, 0.717) is 23.7 Å². The Hall–Kier alpha value is -3.93. The van der Waals surface area contributed by atoms with Gasteiger partial charge in [0.2, 0.25) is 5.90 Å². The average Bonchev–Trinajstić information content (AvgIpc) is 3.13. The quantitative estimate of drug-likeness (QED) is 0.440. The molecule has 0 unspecified atom stereocenters. The van der Waals surface area contributed by atoms with Gasteiger partial charge in [-0.15, -0.1) is 0 Å². The van der Waals surface area contributed by atoms with Crippen LogP contribution in [0.2, 0.25) is 0 Å². The molecule has 150 valence electrons. The van der Waals surface area contributed by atoms with Gasteiger partial charge < -0.3 is 14.2 Å². The Balaban J connectivity index is 1.60. The first-order valence-electron chi connectivity index (χ1n) is 9.26. The molecule has 6 heteroatoms. The molecule has 1 aliphatic heterocycles. The third-order valence-electron chi connectivity index (χ3n) is 4.45. The molecule has 0 atom stereocenters. The van der Waals surface area contributed by atoms with Gasteiger partial charge in [-0.3, -0.25) is 0 Å². The van der Waals surface area contributed by atoms with Crippen molar-refractivity contribution in [3.8, 4) is 11.5 Å². The molecule has 5 nitrogen and oxygen atoms in total. The van der Waals surface area contributed by atoms with Crippen molar-refractivity contribution in [1.29, 1.82) is 0 Å². The van der Waals surface area contributed by atoms with Crippen LogP contribution in [0.15, 0.2) is 83.5 Å². The Morgan fingerprint density at radius 2 is 1.77 bits per heavy atom. The second-order valence-corrected chi connectivity index (χ2v) is 6.50. The van der Waals surface area contributed by atoms with Crippen LogP contribution in [0.5, 0.6) is 11.5 Å². The summed E-state index contributed by atoms with van der Waals surface area (Å²) in [5.74, 6) is -0.112. The molecule has 0 aromatic heterocycles. The first-order valence-corrected chi connectivity index (χ1v) is 9.26. The number of carbonyl (C=O) groups is 1. The first-order chi connectivity index (χ1) is 14.6. The summed E-state index contributed by atoms with van der Waals surface area (Å²) < 4.78 is 30.4. The van der Waals surface area contributed by atoms with Crippen LogP contribution in [-0.2, 0) is 16.1 Å². The van der Waals surface area contributed by atoms with Crippen LogP contribution in [-0.4, -0.2) is 19.0 Å². The van der Waals surface area contributed by atoms with Gasteiger partial charge in [-0.1, -0.05) is 48.5 Å². The standard InChI is InChI=1S/C24H18FNO4/c1-28-21-12-11-17(14-22(21)29-15-16-7-3-2-4-8-16)13-20-24(27)30-23(26-20)18-9-5-6-10-19(18)25/h2-14H,15H2,1H3. The molecule has 0 amide bonds. The zero-order valence-corrected chi connectivity index (χ0v) is 16.2. The lowest BCUT2D eigenvalue weighted by Crippen LogP contribution is -2.07. The van der Waals surface area contributed by atoms with Crippen LogP contribution in [0.3, 0.4) is 0 Å². The van der Waals surface area contributed by atoms with E-state index >= 15 is 0 Å². The van der Waals surface area contributed by atoms with Crippen LogP contribution in [0.4, 0.5) is 4.39 Å². The molecule has 0 N–H and O–H groups in total. The Bertz CT molecular complexity index is 1140. The number of esters is 1. The van der Waals surface area contributed by atoms with Gasteiger partial charge in [0.05, 0.1) is 12.7 Å². The predicted octanol–water partition coefficient (Wildman–Crippen LogP) is 4.76. The van der Waals surface area contributed by atoms with Crippen molar-refractivity contribution in [2.24, 2.45) is 4.99 Å². The number of hydrogen-bond acceptors (Lipinski definition) is 5. The number of ether oxygens (including phenoxy) is 3. The van der Waals surface area contributed by atoms with E-state index in [1.54, 1.807) is 43.5 Å². The Morgan fingerprint density at radius 1 is 1.00 bits per heavy atom. The molecule has 0 fully saturated rings. The van der Waals surface area contributed by atoms with Crippen molar-refractivity contribution in [2.45, 2.75) is 6.61 Å². The van der Waals surface area contributed by atoms with Gasteiger partial charge in [0.25, 0.3) is 0 Å². The third-order valence-corrected chi connectivity index (χ3v) is 4.45. The molecule has 3 aromatic rings. The summed E-state index contributed by atoms with van der Waals surface area (Å²) in [6.07, 6.45) is 1.56. The third kappa shape index (κ3) is 4.22. The van der Waals surface area contributed by atoms with Crippen LogP contribution < -0.4 is 9.47 Å². The second kappa shape index (κ2) is 8.61. The molecule has 1 heterocycles. The van der Waals surface area contributed by atoms with Crippen molar-refractivity contribution < 1.29 is 23.4 Å². The van der Waals surface area contributed by atoms with Gasteiger partial charge >= 0.3 is 5.97 Å². The van der Waals surface area contributed by atoms with E-state index in [2.05, 4.69) is 4.99 Å². The van der Waals surface area contributed by atoms with Crippen molar-refractivity contribution in [1.82, 2.24) is 0 Å². The number of halogens is 1. The highest BCUT2D eigenvalue weighted by Gasteiger charge is 2.26. The zero-order chi connectivity index (χ0) is 20.9. The molecular formula is C24H18FNO4. The van der Waals surface area contributed by atoms with E-state index in [0.717, 1.165) is 5.56 Å². The molecular weight excluding hydrogens is 385 g/mol. The van der Waals surface area contributed by atoms with Gasteiger partial charge in [-0.05, 0) is 41.5 Å². The van der Waals surface area contributed by atoms with Crippen molar-refractivity contribution in [2.75, 3.05) is 7.11 Å². The normalized spacial score (nSPS) is 14.4. The van der Waals surface area contributed by atoms with Gasteiger partial charge in [-0.25, -0.2) is 14.2 Å². The lowest BCUT2D eigenvalue weighted by Gasteiger charge is -2.11. The van der Waals surface area contributed by atoms with Gasteiger partial charge in [-0.2, -0.15) is 0 Å². The van der Waals surface area contributed by atoms with Gasteiger partial charge in [0, 0.05) is 0 Å². The average molecular weight is 403 g/mol. The summed E-state index contributed by atoms with van der Waals surface area (Å²) in [4.78, 5) is 16.4. The number of rotatable bonds is 6. The minimum absolute atomic E-state index is 0.0570. The van der Waals surface area contributed by atoms with E-state index in [1.165, 1.54) is 12.1 Å². The van der Waals surface area contributed by atoms with E-state index < -0.39 is 11.8 Å². The fraction of sp³-hybridized carbons (Fsp3) is 0.0833. The molecule has 0 bridgehead atoms. The smallest absolute Gasteiger partial charge is 0.363 e. The molecule has 0 saturated carbocycles. The highest BCUT2D eigenvalue weighted by Crippen LogP contribution is 2.30. The number of methoxy groups -OCH3 is 1. The summed E-state index contributed by atoms with van der Waals surface area (Å²) in [7, 11) is 1.56. The zero-order valence-electron chi connectivity index (χ0n) is 16.2. The van der Waals surface area contributed by atoms with E-state index in [1.807, 2.05) is 30.3 Å². The van der Waals surface area contributed by atoms with Crippen LogP contribution in [0.1, 0.15) is 16.7 Å². The Labute approximate surface area is 173 Å². The topological polar surface area (TPSA) is 57.1 Å². The van der Waals surface area contributed by atoms with Crippen molar-refractivity contribution in [3.05, 3.63) is 101 Å². The van der Waals surface area contributed by atoms with Crippen LogP contribution in [0, 0.1) is 5.82 Å². The molecule has 0 spiro atoms. The maximum Gasteiger partial charge on any atom is 0.363 e. The Morgan fingerprint density at radius 3 is 2.53 bits per heavy atom. The summed E-state index contributed by atoms with van der Waals surface area (Å²) in [6, 6.07) is 21.0. The SMILES string of the molecule is COc1ccc(C=C2N=C(c3ccccc3F)OC2=O)cc1OCc1ccccc1. The highest BCUT2D eigenvalue weighted by atomic mass is 19.1. The molecule has 0 saturated heterocycles. The lowest BCUT2D eigenvalue weighted by molar-refractivity contribution is -0.129. The summed E-state index contributed by atoms with van der Waals surface area (Å²) in [5, 5.41) is 0. The predicted molar refractivity (Wildman–Crippen MR) is 111 cm³/mol. The molecule has 0 aliphatic carbocycles. The fourth-order valence-electron chi connectivity index (χ4n) is 2.95. The van der Waals surface area contributed by atoms with Crippen LogP contribution >= 0.6 is 0 Å². The van der Waals surface area contributed by atoms with E-state index in [4.69, 9.17) is 14.2 Å². The number of benzene rings is 3. The molecule has 1 aliphatic rings. The summed E-state index contributed by atoms with van der Waals surface area (Å²) >= 11 is 0. The first kappa shape index (κ1) is 19.4. The molecule has 30 heavy (non-hydrogen) atoms. The number of carbonyl (C=O) groups excluding carboxylic acids is 1. The maximum atomic E-state index is 14.0. The Kier molecular flexibility index (Phi) is 5.57. The van der Waals surface area contributed by atoms with Crippen molar-refractivity contribution in [3.63, 3.8) is 0 Å². The lowest BCUT2D eigenvalue weighted by atomic mass is 10.1. The monoisotopic (exact) mass is 403 g/mol. The number of aliphatic imine (C=N–C) groups is 1. The van der Waals surface area contributed by atoms with Crippen LogP contribution in [0.25, 0.3) is 6.08 Å². The van der Waals surface area contributed by atoms with Gasteiger partial charge in [0.1, 0.15) is 12.4 Å². The largest absolute Gasteiger partial charge is 0.493 e. The number of hydrogen-bond donors (Lipinski definition) is 0. The fourth-order valence-corrected chi connectivity index (χ4v) is 2.95. The van der Waals surface area contributed by atoms with Gasteiger partial charge in [0.15, 0.2) is 17.2 Å². The molecule has 0 radical (unpaired) electrons. The minimum atomic E-state index is -0.643. The maximum absolute atomic E-state index is 14.0. The van der Waals surface area contributed by atoms with E-state index in [9.17, 15) is 9.18 Å². The number of nitrogens with zero attached hydrogens (tertiary/aromatic N) is 1. The molecule has 3 aromatic carbocycles. The summed E-state index contributed by atoms with van der Waals surface area (Å²) in [5.41, 5.74) is 1.90. The summed E-state index contributed by atoms with van der Waals surface area (Å²) in [6.45, 7) is 0.370.